The monoisotopic (exact) mass is 245 g/mol. The number of nitrogens with zero attached hydrogens (tertiary/aromatic N) is 1. The summed E-state index contributed by atoms with van der Waals surface area (Å²) in [4.78, 5) is 2.54. The Bertz CT molecular complexity index is 443. The van der Waals surface area contributed by atoms with Crippen LogP contribution in [0.4, 0.5) is 5.69 Å². The van der Waals surface area contributed by atoms with Gasteiger partial charge in [-0.2, -0.15) is 0 Å². The van der Waals surface area contributed by atoms with Crippen LogP contribution in [-0.4, -0.2) is 23.8 Å². The first-order valence-corrected chi connectivity index (χ1v) is 7.11. The van der Waals surface area contributed by atoms with E-state index >= 15 is 0 Å². The molecule has 1 saturated carbocycles. The maximum absolute atomic E-state index is 10.0. The third kappa shape index (κ3) is 2.54. The zero-order valence-corrected chi connectivity index (χ0v) is 11.4. The van der Waals surface area contributed by atoms with Crippen LogP contribution in [-0.2, 0) is 12.8 Å². The maximum atomic E-state index is 10.0. The summed E-state index contributed by atoms with van der Waals surface area (Å²) in [6.45, 7) is 6.18. The largest absolute Gasteiger partial charge is 0.390 e. The lowest BCUT2D eigenvalue weighted by molar-refractivity contribution is 0.0808. The molecule has 0 aromatic heterocycles. The van der Waals surface area contributed by atoms with E-state index in [-0.39, 0.29) is 0 Å². The molecule has 0 amide bonds. The summed E-state index contributed by atoms with van der Waals surface area (Å²) in [6.07, 6.45) is 4.73. The second kappa shape index (κ2) is 4.27. The molecule has 0 bridgehead atoms. The van der Waals surface area contributed by atoms with Crippen LogP contribution in [0, 0.1) is 5.92 Å². The molecule has 1 aromatic rings. The van der Waals surface area contributed by atoms with Gasteiger partial charge < -0.3 is 10.0 Å². The topological polar surface area (TPSA) is 23.5 Å². The van der Waals surface area contributed by atoms with Gasteiger partial charge in [-0.1, -0.05) is 12.1 Å². The first kappa shape index (κ1) is 12.0. The molecule has 0 atom stereocenters. The molecule has 0 spiro atoms. The molecule has 1 N–H and O–H groups in total. The third-order valence-corrected chi connectivity index (χ3v) is 4.02. The van der Waals surface area contributed by atoms with Crippen molar-refractivity contribution < 1.29 is 5.11 Å². The van der Waals surface area contributed by atoms with Crippen molar-refractivity contribution in [2.24, 2.45) is 5.92 Å². The number of aliphatic hydroxyl groups is 1. The first-order valence-electron chi connectivity index (χ1n) is 7.11. The lowest BCUT2D eigenvalue weighted by Crippen LogP contribution is -2.23. The lowest BCUT2D eigenvalue weighted by atomic mass is 9.94. The Balaban J connectivity index is 1.83. The van der Waals surface area contributed by atoms with E-state index < -0.39 is 5.60 Å². The Morgan fingerprint density at radius 3 is 2.78 bits per heavy atom. The average Bonchev–Trinajstić information content (AvgIpc) is 2.98. The van der Waals surface area contributed by atoms with E-state index in [1.165, 1.54) is 36.2 Å². The van der Waals surface area contributed by atoms with Gasteiger partial charge in [0.25, 0.3) is 0 Å². The Kier molecular flexibility index (Phi) is 2.86. The highest BCUT2D eigenvalue weighted by atomic mass is 16.3. The molecular weight excluding hydrogens is 222 g/mol. The molecule has 2 nitrogen and oxygen atoms in total. The fourth-order valence-corrected chi connectivity index (χ4v) is 3.01. The van der Waals surface area contributed by atoms with Gasteiger partial charge >= 0.3 is 0 Å². The summed E-state index contributed by atoms with van der Waals surface area (Å²) < 4.78 is 0. The second-order valence-electron chi connectivity index (χ2n) is 6.54. The maximum Gasteiger partial charge on any atom is 0.0632 e. The number of fused-ring (bicyclic) bond motifs is 1. The molecule has 2 aliphatic rings. The minimum atomic E-state index is -0.612. The lowest BCUT2D eigenvalue weighted by Gasteiger charge is -2.21. The quantitative estimate of drug-likeness (QED) is 0.881. The van der Waals surface area contributed by atoms with Crippen LogP contribution in [0.3, 0.4) is 0 Å². The van der Waals surface area contributed by atoms with Crippen LogP contribution in [0.1, 0.15) is 37.8 Å². The van der Waals surface area contributed by atoms with Crippen molar-refractivity contribution in [1.82, 2.24) is 0 Å². The standard InChI is InChI=1S/C16H23NO/c1-16(2,18)10-13-4-3-5-15-14(13)8-9-17(15)11-12-6-7-12/h3-5,12,18H,6-11H2,1-2H3. The number of benzene rings is 1. The van der Waals surface area contributed by atoms with Gasteiger partial charge in [-0.3, -0.25) is 0 Å². The van der Waals surface area contributed by atoms with E-state index in [9.17, 15) is 5.11 Å². The van der Waals surface area contributed by atoms with E-state index in [4.69, 9.17) is 0 Å². The highest BCUT2D eigenvalue weighted by Gasteiger charge is 2.29. The average molecular weight is 245 g/mol. The fraction of sp³-hybridized carbons (Fsp3) is 0.625. The van der Waals surface area contributed by atoms with Crippen molar-refractivity contribution in [3.63, 3.8) is 0 Å². The van der Waals surface area contributed by atoms with E-state index in [2.05, 4.69) is 23.1 Å². The fourth-order valence-electron chi connectivity index (χ4n) is 3.01. The summed E-state index contributed by atoms with van der Waals surface area (Å²) in [5.74, 6) is 0.939. The molecule has 1 fully saturated rings. The van der Waals surface area contributed by atoms with E-state index in [0.29, 0.717) is 0 Å². The Labute approximate surface area is 110 Å². The molecule has 18 heavy (non-hydrogen) atoms. The van der Waals surface area contributed by atoms with Gasteiger partial charge in [0.05, 0.1) is 5.60 Å². The van der Waals surface area contributed by atoms with Gasteiger partial charge in [0.1, 0.15) is 0 Å². The van der Waals surface area contributed by atoms with E-state index in [0.717, 1.165) is 25.3 Å². The summed E-state index contributed by atoms with van der Waals surface area (Å²) in [6, 6.07) is 6.57. The van der Waals surface area contributed by atoms with E-state index in [1.807, 2.05) is 13.8 Å². The predicted molar refractivity (Wildman–Crippen MR) is 75.1 cm³/mol. The molecule has 1 heterocycles. The Morgan fingerprint density at radius 2 is 2.11 bits per heavy atom. The van der Waals surface area contributed by atoms with Gasteiger partial charge in [-0.15, -0.1) is 0 Å². The normalized spacial score (nSPS) is 19.2. The predicted octanol–water partition coefficient (Wildman–Crippen LogP) is 2.77. The summed E-state index contributed by atoms with van der Waals surface area (Å²) >= 11 is 0. The zero-order valence-electron chi connectivity index (χ0n) is 11.4. The minimum Gasteiger partial charge on any atom is -0.390 e. The second-order valence-corrected chi connectivity index (χ2v) is 6.54. The van der Waals surface area contributed by atoms with Crippen molar-refractivity contribution in [2.45, 2.75) is 45.1 Å². The van der Waals surface area contributed by atoms with Crippen LogP contribution in [0.15, 0.2) is 18.2 Å². The summed E-state index contributed by atoms with van der Waals surface area (Å²) in [5.41, 5.74) is 3.61. The molecule has 1 aliphatic heterocycles. The first-order chi connectivity index (χ1) is 8.53. The third-order valence-electron chi connectivity index (χ3n) is 4.02. The smallest absolute Gasteiger partial charge is 0.0632 e. The SMILES string of the molecule is CC(C)(O)Cc1cccc2c1CCN2CC1CC1. The van der Waals surface area contributed by atoms with Crippen molar-refractivity contribution in [3.8, 4) is 0 Å². The Morgan fingerprint density at radius 1 is 1.33 bits per heavy atom. The van der Waals surface area contributed by atoms with Gasteiger partial charge in [0.15, 0.2) is 0 Å². The molecule has 3 rings (SSSR count). The molecule has 0 saturated heterocycles. The molecule has 0 radical (unpaired) electrons. The molecule has 1 aliphatic carbocycles. The van der Waals surface area contributed by atoms with Crippen LogP contribution >= 0.6 is 0 Å². The van der Waals surface area contributed by atoms with Crippen LogP contribution in [0.5, 0.6) is 0 Å². The zero-order chi connectivity index (χ0) is 12.8. The van der Waals surface area contributed by atoms with Gasteiger partial charge in [-0.05, 0) is 56.2 Å². The van der Waals surface area contributed by atoms with Crippen molar-refractivity contribution in [1.29, 1.82) is 0 Å². The molecule has 0 unspecified atom stereocenters. The van der Waals surface area contributed by atoms with Gasteiger partial charge in [0.2, 0.25) is 0 Å². The molecule has 98 valence electrons. The highest BCUT2D eigenvalue weighted by Crippen LogP contribution is 2.37. The van der Waals surface area contributed by atoms with Crippen molar-refractivity contribution in [3.05, 3.63) is 29.3 Å². The van der Waals surface area contributed by atoms with E-state index in [1.54, 1.807) is 0 Å². The number of hydrogen-bond acceptors (Lipinski definition) is 2. The van der Waals surface area contributed by atoms with Crippen LogP contribution in [0.25, 0.3) is 0 Å². The molecule has 1 aromatic carbocycles. The highest BCUT2D eigenvalue weighted by molar-refractivity contribution is 5.61. The van der Waals surface area contributed by atoms with Crippen molar-refractivity contribution in [2.75, 3.05) is 18.0 Å². The molecular formula is C16H23NO. The van der Waals surface area contributed by atoms with Gasteiger partial charge in [-0.25, -0.2) is 0 Å². The summed E-state index contributed by atoms with van der Waals surface area (Å²) in [7, 11) is 0. The summed E-state index contributed by atoms with van der Waals surface area (Å²) in [5, 5.41) is 10.0. The number of anilines is 1. The number of hydrogen-bond donors (Lipinski definition) is 1. The van der Waals surface area contributed by atoms with Crippen molar-refractivity contribution >= 4 is 5.69 Å². The van der Waals surface area contributed by atoms with Crippen LogP contribution in [0.2, 0.25) is 0 Å². The van der Waals surface area contributed by atoms with Crippen LogP contribution < -0.4 is 4.90 Å². The molecule has 2 heteroatoms. The minimum absolute atomic E-state index is 0.612. The number of rotatable bonds is 4. The Hall–Kier alpha value is -1.02. The van der Waals surface area contributed by atoms with Gasteiger partial charge in [0, 0.05) is 25.2 Å².